The first-order valence-corrected chi connectivity index (χ1v) is 6.93. The summed E-state index contributed by atoms with van der Waals surface area (Å²) in [5.41, 5.74) is 0.667. The van der Waals surface area contributed by atoms with E-state index in [1.54, 1.807) is 17.1 Å². The molecule has 2 nitrogen and oxygen atoms in total. The van der Waals surface area contributed by atoms with E-state index in [0.29, 0.717) is 18.7 Å². The second-order valence-corrected chi connectivity index (χ2v) is 5.51. The molecule has 0 aromatic heterocycles. The number of amides is 1. The van der Waals surface area contributed by atoms with Gasteiger partial charge >= 0.3 is 0 Å². The molecule has 0 fully saturated rings. The zero-order valence-corrected chi connectivity index (χ0v) is 13.1. The number of carbonyl (C=O) groups excluding carboxylic acids is 1. The monoisotopic (exact) mass is 405 g/mol. The Bertz CT molecular complexity index is 435. The van der Waals surface area contributed by atoms with E-state index < -0.39 is 0 Å². The van der Waals surface area contributed by atoms with Gasteiger partial charge in [0.05, 0.1) is 5.56 Å². The summed E-state index contributed by atoms with van der Waals surface area (Å²) in [7, 11) is 0. The Morgan fingerprint density at radius 2 is 1.94 bits per heavy atom. The summed E-state index contributed by atoms with van der Waals surface area (Å²) in [5.74, 6) is -0.0183. The third-order valence-electron chi connectivity index (χ3n) is 2.15. The Kier molecular flexibility index (Phi) is 5.91. The van der Waals surface area contributed by atoms with Gasteiger partial charge in [-0.1, -0.05) is 12.2 Å². The Labute approximate surface area is 124 Å². The summed E-state index contributed by atoms with van der Waals surface area (Å²) < 4.78 is 1.84. The van der Waals surface area contributed by atoms with Crippen LogP contribution in [0.1, 0.15) is 10.4 Å². The molecule has 0 saturated carbocycles. The molecule has 4 heteroatoms. The van der Waals surface area contributed by atoms with Crippen molar-refractivity contribution in [1.82, 2.24) is 4.90 Å². The second-order valence-electron chi connectivity index (χ2n) is 3.41. The summed E-state index contributed by atoms with van der Waals surface area (Å²) in [6, 6.07) is 5.70. The third-order valence-corrected chi connectivity index (χ3v) is 3.51. The van der Waals surface area contributed by atoms with E-state index in [-0.39, 0.29) is 5.91 Å². The van der Waals surface area contributed by atoms with Crippen LogP contribution in [0.5, 0.6) is 0 Å². The Balaban J connectivity index is 3.03. The lowest BCUT2D eigenvalue weighted by Gasteiger charge is -2.20. The van der Waals surface area contributed by atoms with E-state index in [9.17, 15) is 4.79 Å². The Morgan fingerprint density at radius 1 is 1.35 bits per heavy atom. The highest BCUT2D eigenvalue weighted by atomic mass is 127. The molecule has 1 amide bonds. The average Bonchev–Trinajstić information content (AvgIpc) is 2.31. The predicted molar refractivity (Wildman–Crippen MR) is 83.2 cm³/mol. The Morgan fingerprint density at radius 3 is 2.47 bits per heavy atom. The molecule has 0 bridgehead atoms. The van der Waals surface area contributed by atoms with Crippen LogP contribution in [0.25, 0.3) is 0 Å². The van der Waals surface area contributed by atoms with Crippen LogP contribution < -0.4 is 0 Å². The second kappa shape index (κ2) is 6.96. The molecule has 90 valence electrons. The summed E-state index contributed by atoms with van der Waals surface area (Å²) in [6.45, 7) is 8.35. The SMILES string of the molecule is C=CCN(CC=C)C(=O)c1cc(I)ccc1Br. The highest BCUT2D eigenvalue weighted by molar-refractivity contribution is 14.1. The number of rotatable bonds is 5. The van der Waals surface area contributed by atoms with Crippen molar-refractivity contribution < 1.29 is 4.79 Å². The lowest BCUT2D eigenvalue weighted by Crippen LogP contribution is -2.31. The average molecular weight is 406 g/mol. The maximum atomic E-state index is 12.3. The van der Waals surface area contributed by atoms with Crippen molar-refractivity contribution in [2.24, 2.45) is 0 Å². The van der Waals surface area contributed by atoms with E-state index in [1.807, 2.05) is 18.2 Å². The first-order valence-electron chi connectivity index (χ1n) is 5.06. The van der Waals surface area contributed by atoms with Crippen LogP contribution in [0.4, 0.5) is 0 Å². The number of benzene rings is 1. The first kappa shape index (κ1) is 14.4. The van der Waals surface area contributed by atoms with Crippen molar-refractivity contribution in [3.63, 3.8) is 0 Å². The molecule has 1 rings (SSSR count). The minimum atomic E-state index is -0.0183. The van der Waals surface area contributed by atoms with Gasteiger partial charge in [0, 0.05) is 21.1 Å². The molecule has 1 aromatic carbocycles. The summed E-state index contributed by atoms with van der Waals surface area (Å²) in [4.78, 5) is 14.0. The van der Waals surface area contributed by atoms with Gasteiger partial charge < -0.3 is 4.90 Å². The van der Waals surface area contributed by atoms with Crippen LogP contribution >= 0.6 is 38.5 Å². The van der Waals surface area contributed by atoms with Crippen molar-refractivity contribution in [2.75, 3.05) is 13.1 Å². The quantitative estimate of drug-likeness (QED) is 0.538. The van der Waals surface area contributed by atoms with Gasteiger partial charge in [-0.15, -0.1) is 13.2 Å². The van der Waals surface area contributed by atoms with Gasteiger partial charge in [-0.3, -0.25) is 4.79 Å². The van der Waals surface area contributed by atoms with Crippen LogP contribution in [0, 0.1) is 3.57 Å². The number of carbonyl (C=O) groups is 1. The highest BCUT2D eigenvalue weighted by Gasteiger charge is 2.16. The van der Waals surface area contributed by atoms with E-state index in [1.165, 1.54) is 0 Å². The highest BCUT2D eigenvalue weighted by Crippen LogP contribution is 2.21. The molecule has 0 N–H and O–H groups in total. The molecule has 0 spiro atoms. The minimum Gasteiger partial charge on any atom is -0.331 e. The normalized spacial score (nSPS) is 9.76. The van der Waals surface area contributed by atoms with Crippen molar-refractivity contribution in [1.29, 1.82) is 0 Å². The van der Waals surface area contributed by atoms with Crippen LogP contribution in [0.3, 0.4) is 0 Å². The fourth-order valence-electron chi connectivity index (χ4n) is 1.38. The lowest BCUT2D eigenvalue weighted by molar-refractivity contribution is 0.0790. The van der Waals surface area contributed by atoms with Crippen LogP contribution in [-0.4, -0.2) is 23.9 Å². The molecular weight excluding hydrogens is 393 g/mol. The van der Waals surface area contributed by atoms with E-state index in [0.717, 1.165) is 8.04 Å². The van der Waals surface area contributed by atoms with Gasteiger partial charge in [0.1, 0.15) is 0 Å². The van der Waals surface area contributed by atoms with Gasteiger partial charge in [-0.25, -0.2) is 0 Å². The van der Waals surface area contributed by atoms with E-state index >= 15 is 0 Å². The smallest absolute Gasteiger partial charge is 0.255 e. The topological polar surface area (TPSA) is 20.3 Å². The zero-order chi connectivity index (χ0) is 12.8. The number of hydrogen-bond acceptors (Lipinski definition) is 1. The molecule has 0 atom stereocenters. The minimum absolute atomic E-state index is 0.0183. The van der Waals surface area contributed by atoms with Crippen LogP contribution in [0.15, 0.2) is 48.0 Å². The number of halogens is 2. The molecule has 0 aliphatic heterocycles. The molecule has 0 radical (unpaired) electrons. The van der Waals surface area contributed by atoms with Gasteiger partial charge in [0.15, 0.2) is 0 Å². The van der Waals surface area contributed by atoms with Gasteiger partial charge in [-0.05, 0) is 56.7 Å². The standard InChI is InChI=1S/C13H13BrINO/c1-3-7-16(8-4-2)13(17)11-9-10(15)5-6-12(11)14/h3-6,9H,1-2,7-8H2. The van der Waals surface area contributed by atoms with Gasteiger partial charge in [0.2, 0.25) is 0 Å². The van der Waals surface area contributed by atoms with Gasteiger partial charge in [-0.2, -0.15) is 0 Å². The van der Waals surface area contributed by atoms with E-state index in [4.69, 9.17) is 0 Å². The molecule has 0 unspecified atom stereocenters. The molecule has 0 aliphatic carbocycles. The fourth-order valence-corrected chi connectivity index (χ4v) is 2.29. The maximum absolute atomic E-state index is 12.3. The zero-order valence-electron chi connectivity index (χ0n) is 9.33. The maximum Gasteiger partial charge on any atom is 0.255 e. The van der Waals surface area contributed by atoms with Crippen molar-refractivity contribution in [3.05, 3.63) is 57.1 Å². The molecular formula is C13H13BrINO. The summed E-state index contributed by atoms with van der Waals surface area (Å²) >= 11 is 5.59. The fraction of sp³-hybridized carbons (Fsp3) is 0.154. The molecule has 17 heavy (non-hydrogen) atoms. The predicted octanol–water partition coefficient (Wildman–Crippen LogP) is 3.87. The van der Waals surface area contributed by atoms with Crippen molar-refractivity contribution in [2.45, 2.75) is 0 Å². The molecule has 0 aliphatic rings. The molecule has 0 heterocycles. The van der Waals surface area contributed by atoms with Crippen molar-refractivity contribution in [3.8, 4) is 0 Å². The third kappa shape index (κ3) is 3.96. The van der Waals surface area contributed by atoms with Crippen LogP contribution in [0.2, 0.25) is 0 Å². The number of nitrogens with zero attached hydrogens (tertiary/aromatic N) is 1. The summed E-state index contributed by atoms with van der Waals surface area (Å²) in [6.07, 6.45) is 3.42. The number of hydrogen-bond donors (Lipinski definition) is 0. The van der Waals surface area contributed by atoms with Gasteiger partial charge in [0.25, 0.3) is 5.91 Å². The van der Waals surface area contributed by atoms with Crippen LogP contribution in [-0.2, 0) is 0 Å². The Hall–Kier alpha value is -0.620. The molecule has 1 aromatic rings. The van der Waals surface area contributed by atoms with Crippen molar-refractivity contribution >= 4 is 44.4 Å². The molecule has 0 saturated heterocycles. The van der Waals surface area contributed by atoms with E-state index in [2.05, 4.69) is 51.7 Å². The largest absolute Gasteiger partial charge is 0.331 e. The lowest BCUT2D eigenvalue weighted by atomic mass is 10.2. The summed E-state index contributed by atoms with van der Waals surface area (Å²) in [5, 5.41) is 0. The first-order chi connectivity index (χ1) is 8.10.